The second-order valence-corrected chi connectivity index (χ2v) is 6.70. The van der Waals surface area contributed by atoms with Gasteiger partial charge in [0.2, 0.25) is 0 Å². The van der Waals surface area contributed by atoms with Gasteiger partial charge in [-0.1, -0.05) is 11.6 Å². The minimum Gasteiger partial charge on any atom is -0.496 e. The zero-order chi connectivity index (χ0) is 17.7. The topological polar surface area (TPSA) is 85.9 Å². The van der Waals surface area contributed by atoms with Crippen LogP contribution in [0.15, 0.2) is 29.6 Å². The number of methoxy groups -OCH3 is 1. The number of nitrogens with one attached hydrogen (secondary N) is 2. The van der Waals surface area contributed by atoms with Crippen molar-refractivity contribution in [3.63, 3.8) is 0 Å². The van der Waals surface area contributed by atoms with Crippen molar-refractivity contribution >= 4 is 39.8 Å². The van der Waals surface area contributed by atoms with Crippen molar-refractivity contribution in [1.29, 1.82) is 0 Å². The molecule has 0 aliphatic carbocycles. The first-order valence-electron chi connectivity index (χ1n) is 7.21. The number of primary amides is 1. The fourth-order valence-electron chi connectivity index (χ4n) is 2.32. The Bertz CT molecular complexity index is 748. The molecule has 128 valence electrons. The first kappa shape index (κ1) is 18.3. The van der Waals surface area contributed by atoms with E-state index in [0.29, 0.717) is 22.1 Å². The monoisotopic (exact) mass is 368 g/mol. The van der Waals surface area contributed by atoms with Gasteiger partial charge in [-0.05, 0) is 29.6 Å². The molecule has 0 radical (unpaired) electrons. The molecule has 1 aromatic heterocycles. The van der Waals surface area contributed by atoms with Gasteiger partial charge in [-0.25, -0.2) is 0 Å². The molecule has 0 spiro atoms. The average Bonchev–Trinajstić information content (AvgIpc) is 2.95. The van der Waals surface area contributed by atoms with Crippen molar-refractivity contribution in [1.82, 2.24) is 0 Å². The molecule has 2 amide bonds. The lowest BCUT2D eigenvalue weighted by atomic mass is 10.2. The lowest BCUT2D eigenvalue weighted by molar-refractivity contribution is -0.885. The number of amides is 2. The van der Waals surface area contributed by atoms with E-state index < -0.39 is 5.91 Å². The molecule has 0 fully saturated rings. The number of likely N-dealkylation sites (N-methyl/N-ethyl adjacent to an activating group) is 1. The van der Waals surface area contributed by atoms with Crippen LogP contribution < -0.4 is 20.7 Å². The van der Waals surface area contributed by atoms with E-state index in [0.717, 1.165) is 16.2 Å². The van der Waals surface area contributed by atoms with Crippen LogP contribution in [0.25, 0.3) is 0 Å². The Morgan fingerprint density at radius 1 is 1.38 bits per heavy atom. The average molecular weight is 369 g/mol. The van der Waals surface area contributed by atoms with Crippen molar-refractivity contribution in [3.05, 3.63) is 45.8 Å². The Kier molecular flexibility index (Phi) is 6.19. The van der Waals surface area contributed by atoms with Gasteiger partial charge >= 0.3 is 0 Å². The van der Waals surface area contributed by atoms with Gasteiger partial charge in [-0.3, -0.25) is 9.59 Å². The Hall–Kier alpha value is -2.09. The Morgan fingerprint density at radius 2 is 2.12 bits per heavy atom. The first-order chi connectivity index (χ1) is 11.4. The van der Waals surface area contributed by atoms with Crippen LogP contribution in [0.2, 0.25) is 5.02 Å². The van der Waals surface area contributed by atoms with E-state index in [9.17, 15) is 9.59 Å². The molecule has 2 rings (SSSR count). The van der Waals surface area contributed by atoms with Crippen LogP contribution in [0.1, 0.15) is 15.9 Å². The molecule has 8 heteroatoms. The van der Waals surface area contributed by atoms with Crippen LogP contribution in [0.5, 0.6) is 5.75 Å². The molecule has 0 bridgehead atoms. The van der Waals surface area contributed by atoms with E-state index >= 15 is 0 Å². The largest absolute Gasteiger partial charge is 0.496 e. The van der Waals surface area contributed by atoms with Gasteiger partial charge in [0.1, 0.15) is 17.3 Å². The van der Waals surface area contributed by atoms with Crippen molar-refractivity contribution in [2.45, 2.75) is 6.54 Å². The summed E-state index contributed by atoms with van der Waals surface area (Å²) in [6.45, 7) is 0.802. The van der Waals surface area contributed by atoms with E-state index in [1.807, 2.05) is 13.1 Å². The van der Waals surface area contributed by atoms with Crippen LogP contribution in [0.3, 0.4) is 0 Å². The summed E-state index contributed by atoms with van der Waals surface area (Å²) >= 11 is 7.28. The van der Waals surface area contributed by atoms with Crippen LogP contribution >= 0.6 is 22.9 Å². The fourth-order valence-corrected chi connectivity index (χ4v) is 3.32. The molecule has 1 heterocycles. The van der Waals surface area contributed by atoms with Crippen molar-refractivity contribution < 1.29 is 19.2 Å². The quantitative estimate of drug-likeness (QED) is 0.685. The molecule has 2 aromatic rings. The van der Waals surface area contributed by atoms with Gasteiger partial charge in [0.05, 0.1) is 19.7 Å². The minimum absolute atomic E-state index is 0.196. The highest BCUT2D eigenvalue weighted by Crippen LogP contribution is 2.23. The van der Waals surface area contributed by atoms with Crippen molar-refractivity contribution in [2.75, 3.05) is 26.0 Å². The highest BCUT2D eigenvalue weighted by atomic mass is 35.5. The number of carbonyl (C=O) groups is 2. The van der Waals surface area contributed by atoms with Gasteiger partial charge in [0.15, 0.2) is 6.54 Å². The maximum Gasteiger partial charge on any atom is 0.280 e. The number of ether oxygens (including phenoxy) is 1. The summed E-state index contributed by atoms with van der Waals surface area (Å²) in [5.74, 6) is -0.0252. The number of halogens is 1. The maximum atomic E-state index is 12.2. The molecular formula is C16H19ClN3O3S+. The van der Waals surface area contributed by atoms with E-state index in [4.69, 9.17) is 22.1 Å². The lowest BCUT2D eigenvalue weighted by Gasteiger charge is -2.16. The summed E-state index contributed by atoms with van der Waals surface area (Å²) in [4.78, 5) is 24.4. The van der Waals surface area contributed by atoms with Gasteiger partial charge in [-0.2, -0.15) is 0 Å². The number of rotatable bonds is 7. The normalized spacial score (nSPS) is 11.8. The van der Waals surface area contributed by atoms with E-state index in [1.165, 1.54) is 11.3 Å². The minimum atomic E-state index is -0.559. The van der Waals surface area contributed by atoms with Gasteiger partial charge in [0.25, 0.3) is 11.8 Å². The van der Waals surface area contributed by atoms with Crippen LogP contribution in [-0.2, 0) is 11.3 Å². The van der Waals surface area contributed by atoms with E-state index in [2.05, 4.69) is 5.32 Å². The molecule has 0 saturated carbocycles. The molecule has 4 N–H and O–H groups in total. The van der Waals surface area contributed by atoms with Crippen LogP contribution in [-0.4, -0.2) is 32.5 Å². The van der Waals surface area contributed by atoms with E-state index in [-0.39, 0.29) is 12.5 Å². The Labute approximate surface area is 149 Å². The van der Waals surface area contributed by atoms with Crippen molar-refractivity contribution in [2.24, 2.45) is 5.73 Å². The molecule has 1 unspecified atom stereocenters. The molecular weight excluding hydrogens is 350 g/mol. The van der Waals surface area contributed by atoms with Gasteiger partial charge in [-0.15, -0.1) is 11.3 Å². The van der Waals surface area contributed by atoms with E-state index in [1.54, 1.807) is 30.7 Å². The van der Waals surface area contributed by atoms with Gasteiger partial charge < -0.3 is 20.7 Å². The Morgan fingerprint density at radius 3 is 2.79 bits per heavy atom. The third kappa shape index (κ3) is 4.70. The Balaban J connectivity index is 1.98. The predicted octanol–water partition coefficient (Wildman–Crippen LogP) is 1.16. The second-order valence-electron chi connectivity index (χ2n) is 5.34. The number of benzene rings is 1. The summed E-state index contributed by atoms with van der Waals surface area (Å²) in [6, 6.07) is 6.98. The maximum absolute atomic E-state index is 12.2. The zero-order valence-corrected chi connectivity index (χ0v) is 15.0. The summed E-state index contributed by atoms with van der Waals surface area (Å²) in [6.07, 6.45) is 0. The lowest BCUT2D eigenvalue weighted by Crippen LogP contribution is -3.08. The highest BCUT2D eigenvalue weighted by molar-refractivity contribution is 7.14. The molecule has 0 aliphatic heterocycles. The first-order valence-corrected chi connectivity index (χ1v) is 8.47. The number of thiophene rings is 1. The number of nitrogens with two attached hydrogens (primary N) is 1. The predicted molar refractivity (Wildman–Crippen MR) is 94.9 cm³/mol. The smallest absolute Gasteiger partial charge is 0.280 e. The molecule has 0 saturated heterocycles. The zero-order valence-electron chi connectivity index (χ0n) is 13.4. The number of hydrogen-bond donors (Lipinski definition) is 3. The number of carbonyl (C=O) groups excluding carboxylic acids is 2. The van der Waals surface area contributed by atoms with Crippen molar-refractivity contribution in [3.8, 4) is 5.75 Å². The summed E-state index contributed by atoms with van der Waals surface area (Å²) < 4.78 is 5.31. The molecule has 0 aliphatic rings. The van der Waals surface area contributed by atoms with Crippen LogP contribution in [0.4, 0.5) is 5.00 Å². The summed E-state index contributed by atoms with van der Waals surface area (Å²) in [5, 5.41) is 5.53. The fraction of sp³-hybridized carbons (Fsp3) is 0.250. The third-order valence-electron chi connectivity index (χ3n) is 3.38. The number of hydrogen-bond acceptors (Lipinski definition) is 4. The molecule has 1 atom stereocenters. The standard InChI is InChI=1S/C16H18ClN3O3S/c1-20(8-10-7-11(17)3-4-13(10)23-2)9-14(21)19-16-12(15(18)22)5-6-24-16/h3-7H,8-9H2,1-2H3,(H2,18,22)(H,19,21)/p+1. The SMILES string of the molecule is COc1ccc(Cl)cc1C[NH+](C)CC(=O)Nc1sccc1C(N)=O. The molecule has 6 nitrogen and oxygen atoms in total. The molecule has 1 aromatic carbocycles. The van der Waals surface area contributed by atoms with Gasteiger partial charge in [0, 0.05) is 10.6 Å². The van der Waals surface area contributed by atoms with Crippen LogP contribution in [0, 0.1) is 0 Å². The second kappa shape index (κ2) is 8.14. The highest BCUT2D eigenvalue weighted by Gasteiger charge is 2.17. The third-order valence-corrected chi connectivity index (χ3v) is 4.45. The molecule has 24 heavy (non-hydrogen) atoms. The number of quaternary nitrogens is 1. The number of anilines is 1. The summed E-state index contributed by atoms with van der Waals surface area (Å²) in [7, 11) is 3.49. The summed E-state index contributed by atoms with van der Waals surface area (Å²) in [5.41, 5.74) is 6.51.